The fourth-order valence-electron chi connectivity index (χ4n) is 5.08. The molecule has 0 radical (unpaired) electrons. The average Bonchev–Trinajstić information content (AvgIpc) is 3.47. The lowest BCUT2D eigenvalue weighted by molar-refractivity contribution is 0.110. The first-order chi connectivity index (χ1) is 18.0. The van der Waals surface area contributed by atoms with Crippen molar-refractivity contribution in [3.63, 3.8) is 0 Å². The van der Waals surface area contributed by atoms with Gasteiger partial charge in [0.1, 0.15) is 0 Å². The van der Waals surface area contributed by atoms with Crippen molar-refractivity contribution < 1.29 is 0 Å². The third-order valence-corrected chi connectivity index (χ3v) is 7.94. The Morgan fingerprint density at radius 2 is 0.537 bits per heavy atom. The maximum atomic E-state index is 5.46. The largest absolute Gasteiger partial charge is 0.246 e. The molecule has 0 atom stereocenters. The predicted molar refractivity (Wildman–Crippen MR) is 173 cm³/mol. The molecule has 0 aliphatic rings. The van der Waals surface area contributed by atoms with Crippen molar-refractivity contribution in [2.24, 2.45) is 0 Å². The molecule has 0 unspecified atom stereocenters. The van der Waals surface area contributed by atoms with E-state index in [0.29, 0.717) is 0 Å². The third-order valence-electron chi connectivity index (χ3n) is 7.94. The number of nitrogens with zero attached hydrogens (tertiary/aromatic N) is 6. The Balaban J connectivity index is 2.69. The summed E-state index contributed by atoms with van der Waals surface area (Å²) in [5.74, 6) is -0.898. The fraction of sp³-hybridized carbons (Fsp3) is 0.743. The van der Waals surface area contributed by atoms with Gasteiger partial charge in [0, 0.05) is 56.5 Å². The van der Waals surface area contributed by atoms with Crippen molar-refractivity contribution in [3.8, 4) is 0 Å². The molecule has 0 bridgehead atoms. The second kappa shape index (κ2) is 9.57. The molecule has 0 amide bonds. The topological polar surface area (TPSA) is 53.5 Å². The number of hydrogen-bond donors (Lipinski definition) is 0. The molecule has 0 aromatic carbocycles. The molecule has 0 saturated heterocycles. The van der Waals surface area contributed by atoms with Gasteiger partial charge in [-0.2, -0.15) is 15.3 Å². The highest BCUT2D eigenvalue weighted by Gasteiger charge is 2.46. The van der Waals surface area contributed by atoms with Gasteiger partial charge >= 0.3 is 0 Å². The van der Waals surface area contributed by atoms with Crippen LogP contribution in [-0.4, -0.2) is 29.3 Å². The van der Waals surface area contributed by atoms with Crippen molar-refractivity contribution >= 4 is 0 Å². The summed E-state index contributed by atoms with van der Waals surface area (Å²) >= 11 is 0. The summed E-state index contributed by atoms with van der Waals surface area (Å²) < 4.78 is 6.70. The van der Waals surface area contributed by atoms with E-state index >= 15 is 0 Å². The van der Waals surface area contributed by atoms with Gasteiger partial charge in [0.15, 0.2) is 0 Å². The quantitative estimate of drug-likeness (QED) is 0.319. The van der Waals surface area contributed by atoms with Gasteiger partial charge in [-0.05, 0) is 18.2 Å². The van der Waals surface area contributed by atoms with Crippen LogP contribution in [0, 0.1) is 0 Å². The Bertz CT molecular complexity index is 1210. The van der Waals surface area contributed by atoms with Crippen molar-refractivity contribution in [3.05, 3.63) is 52.4 Å². The zero-order valence-electron chi connectivity index (χ0n) is 29.9. The van der Waals surface area contributed by atoms with Crippen LogP contribution in [0.3, 0.4) is 0 Å². The van der Waals surface area contributed by atoms with Crippen LogP contribution in [0.2, 0.25) is 0 Å². The van der Waals surface area contributed by atoms with Crippen molar-refractivity contribution in [2.45, 2.75) is 170 Å². The summed E-state index contributed by atoms with van der Waals surface area (Å²) in [6, 6.07) is 6.90. The van der Waals surface area contributed by atoms with E-state index in [1.807, 2.05) is 0 Å². The minimum atomic E-state index is -0.898. The molecule has 0 N–H and O–H groups in total. The molecule has 6 nitrogen and oxygen atoms in total. The predicted octanol–water partition coefficient (Wildman–Crippen LogP) is 8.79. The second-order valence-corrected chi connectivity index (χ2v) is 18.5. The maximum Gasteiger partial charge on any atom is 0.246 e. The maximum absolute atomic E-state index is 5.46. The smallest absolute Gasteiger partial charge is 0.221 e. The van der Waals surface area contributed by atoms with Gasteiger partial charge < -0.3 is 0 Å². The molecule has 230 valence electrons. The molecule has 0 saturated carbocycles. The molecule has 3 aromatic rings. The molecule has 0 fully saturated rings. The summed E-state index contributed by atoms with van der Waals surface area (Å²) in [5, 5.41) is 16.4. The first-order valence-corrected chi connectivity index (χ1v) is 15.3. The highest BCUT2D eigenvalue weighted by Crippen LogP contribution is 2.40. The van der Waals surface area contributed by atoms with E-state index in [0.717, 1.165) is 34.2 Å². The molecular formula is C35H60N6. The van der Waals surface area contributed by atoms with Crippen molar-refractivity contribution in [1.82, 2.24) is 29.3 Å². The van der Waals surface area contributed by atoms with E-state index in [9.17, 15) is 0 Å². The number of hydrogen-bond acceptors (Lipinski definition) is 3. The summed E-state index contributed by atoms with van der Waals surface area (Å²) in [6.07, 6.45) is 0. The number of rotatable bonds is 3. The fourth-order valence-corrected chi connectivity index (χ4v) is 5.08. The van der Waals surface area contributed by atoms with Crippen LogP contribution in [0.5, 0.6) is 0 Å². The Morgan fingerprint density at radius 1 is 0.341 bits per heavy atom. The molecule has 3 aromatic heterocycles. The highest BCUT2D eigenvalue weighted by molar-refractivity contribution is 5.30. The summed E-state index contributed by atoms with van der Waals surface area (Å²) in [7, 11) is 0. The van der Waals surface area contributed by atoms with Gasteiger partial charge in [-0.15, -0.1) is 0 Å². The first-order valence-electron chi connectivity index (χ1n) is 15.3. The van der Waals surface area contributed by atoms with E-state index in [1.165, 1.54) is 0 Å². The highest BCUT2D eigenvalue weighted by atomic mass is 15.6. The van der Waals surface area contributed by atoms with E-state index in [1.54, 1.807) is 0 Å². The Labute approximate surface area is 251 Å². The standard InChI is InChI=1S/C35H60N6/c1-29(2,3)23-20-26(32(10,11)12)39(36-23)35(19,40-27(33(13,14)15)21-24(37-40)30(4,5)6)41-28(34(16,17)18)22-25(38-41)31(7,8)9/h20-22H,1-19H3. The van der Waals surface area contributed by atoms with Crippen LogP contribution in [0.4, 0.5) is 0 Å². The zero-order valence-corrected chi connectivity index (χ0v) is 29.9. The molecule has 3 rings (SSSR count). The minimum absolute atomic E-state index is 0.118. The Hall–Kier alpha value is -2.37. The van der Waals surface area contributed by atoms with E-state index in [2.05, 4.69) is 164 Å². The van der Waals surface area contributed by atoms with Gasteiger partial charge in [-0.25, -0.2) is 14.0 Å². The van der Waals surface area contributed by atoms with Gasteiger partial charge in [-0.3, -0.25) is 0 Å². The van der Waals surface area contributed by atoms with Crippen LogP contribution in [0.15, 0.2) is 18.2 Å². The minimum Gasteiger partial charge on any atom is -0.221 e. The van der Waals surface area contributed by atoms with Gasteiger partial charge in [0.05, 0.1) is 17.1 Å². The molecular weight excluding hydrogens is 504 g/mol. The lowest BCUT2D eigenvalue weighted by Crippen LogP contribution is -2.52. The Kier molecular flexibility index (Phi) is 7.74. The van der Waals surface area contributed by atoms with Crippen LogP contribution < -0.4 is 0 Å². The normalized spacial score (nSPS) is 14.7. The average molecular weight is 565 g/mol. The van der Waals surface area contributed by atoms with Gasteiger partial charge in [-0.1, -0.05) is 125 Å². The molecule has 0 aliphatic heterocycles. The summed E-state index contributed by atoms with van der Waals surface area (Å²) in [4.78, 5) is 0. The van der Waals surface area contributed by atoms with Crippen LogP contribution in [0.25, 0.3) is 0 Å². The molecule has 6 heteroatoms. The van der Waals surface area contributed by atoms with Crippen LogP contribution in [-0.2, 0) is 38.3 Å². The van der Waals surface area contributed by atoms with Crippen molar-refractivity contribution in [1.29, 1.82) is 0 Å². The zero-order chi connectivity index (χ0) is 31.9. The van der Waals surface area contributed by atoms with E-state index < -0.39 is 5.79 Å². The Morgan fingerprint density at radius 3 is 0.683 bits per heavy atom. The third kappa shape index (κ3) is 6.22. The number of aromatic nitrogens is 6. The SMILES string of the molecule is CC(C)(C)c1cc(C(C)(C)C)n(C(C)(n2nc(C(C)(C)C)cc2C(C)(C)C)n2nc(C(C)(C)C)cc2C(C)(C)C)n1. The van der Waals surface area contributed by atoms with Crippen LogP contribution in [0.1, 0.15) is 166 Å². The lowest BCUT2D eigenvalue weighted by Gasteiger charge is -2.40. The molecule has 0 aliphatic carbocycles. The molecule has 3 heterocycles. The molecule has 41 heavy (non-hydrogen) atoms. The van der Waals surface area contributed by atoms with Gasteiger partial charge in [0.25, 0.3) is 0 Å². The van der Waals surface area contributed by atoms with Gasteiger partial charge in [0.2, 0.25) is 5.79 Å². The van der Waals surface area contributed by atoms with E-state index in [4.69, 9.17) is 15.3 Å². The van der Waals surface area contributed by atoms with Crippen LogP contribution >= 0.6 is 0 Å². The van der Waals surface area contributed by atoms with E-state index in [-0.39, 0.29) is 32.5 Å². The first kappa shape index (κ1) is 33.1. The second-order valence-electron chi connectivity index (χ2n) is 18.5. The summed E-state index contributed by atoms with van der Waals surface area (Å²) in [5.41, 5.74) is 5.82. The van der Waals surface area contributed by atoms with Crippen molar-refractivity contribution in [2.75, 3.05) is 0 Å². The monoisotopic (exact) mass is 564 g/mol. The lowest BCUT2D eigenvalue weighted by atomic mass is 9.87. The summed E-state index contributed by atoms with van der Waals surface area (Å²) in [6.45, 7) is 42.9. The molecule has 0 spiro atoms.